The molecule has 0 aliphatic rings. The molecule has 0 spiro atoms. The predicted molar refractivity (Wildman–Crippen MR) is 68.0 cm³/mol. The van der Waals surface area contributed by atoms with Crippen molar-refractivity contribution < 1.29 is 22.4 Å². The minimum Gasteiger partial charge on any atom is -0.397 e. The first-order valence-electron chi connectivity index (χ1n) is 5.30. The molecule has 0 radical (unpaired) electrons. The maximum atomic E-state index is 12.9. The van der Waals surface area contributed by atoms with Crippen molar-refractivity contribution in [3.05, 3.63) is 48.3 Å². The number of alkyl halides is 1. The van der Waals surface area contributed by atoms with Gasteiger partial charge in [-0.3, -0.25) is 0 Å². The highest BCUT2D eigenvalue weighted by Crippen LogP contribution is 2.48. The molecule has 0 saturated carbocycles. The van der Waals surface area contributed by atoms with Crippen LogP contribution in [0.3, 0.4) is 0 Å². The summed E-state index contributed by atoms with van der Waals surface area (Å²) in [6, 6.07) is 7.38. The van der Waals surface area contributed by atoms with E-state index in [0.717, 1.165) is 12.1 Å². The van der Waals surface area contributed by atoms with Crippen LogP contribution in [0, 0.1) is 11.9 Å². The highest BCUT2D eigenvalue weighted by molar-refractivity contribution is 7.56. The van der Waals surface area contributed by atoms with Crippen LogP contribution < -0.4 is 9.05 Å². The fourth-order valence-corrected chi connectivity index (χ4v) is 2.43. The van der Waals surface area contributed by atoms with Gasteiger partial charge in [-0.2, -0.15) is 18.7 Å². The van der Waals surface area contributed by atoms with Crippen molar-refractivity contribution in [3.8, 4) is 11.8 Å². The zero-order valence-corrected chi connectivity index (χ0v) is 11.5. The molecule has 2 heterocycles. The third kappa shape index (κ3) is 3.88. The van der Waals surface area contributed by atoms with Gasteiger partial charge in [0, 0.05) is 12.1 Å². The Hall–Kier alpha value is -1.72. The summed E-state index contributed by atoms with van der Waals surface area (Å²) in [4.78, 5) is 6.74. The largest absolute Gasteiger partial charge is 0.447 e. The van der Waals surface area contributed by atoms with E-state index >= 15 is 0 Å². The van der Waals surface area contributed by atoms with Gasteiger partial charge in [0.05, 0.1) is 0 Å². The molecular weight excluding hydrogens is 313 g/mol. The maximum absolute atomic E-state index is 12.9. The van der Waals surface area contributed by atoms with Crippen molar-refractivity contribution in [1.29, 1.82) is 0 Å². The van der Waals surface area contributed by atoms with Gasteiger partial charge in [-0.25, -0.2) is 4.57 Å². The Morgan fingerprint density at radius 1 is 1.00 bits per heavy atom. The summed E-state index contributed by atoms with van der Waals surface area (Å²) in [6.07, 6.45) is 0. The van der Waals surface area contributed by atoms with Crippen LogP contribution in [-0.2, 0) is 4.57 Å². The lowest BCUT2D eigenvalue weighted by atomic mass is 10.5. The quantitative estimate of drug-likeness (QED) is 0.478. The highest BCUT2D eigenvalue weighted by Gasteiger charge is 2.28. The molecule has 0 saturated heterocycles. The molecule has 9 heteroatoms. The molecule has 0 fully saturated rings. The van der Waals surface area contributed by atoms with E-state index in [-0.39, 0.29) is 11.8 Å². The lowest BCUT2D eigenvalue weighted by Crippen LogP contribution is -2.05. The maximum Gasteiger partial charge on any atom is 0.447 e. The Kier molecular flexibility index (Phi) is 4.52. The van der Waals surface area contributed by atoms with Crippen LogP contribution in [0.2, 0.25) is 0 Å². The van der Waals surface area contributed by atoms with E-state index in [0.29, 0.717) is 0 Å². The van der Waals surface area contributed by atoms with Gasteiger partial charge in [0.2, 0.25) is 23.7 Å². The van der Waals surface area contributed by atoms with E-state index in [2.05, 4.69) is 9.97 Å². The summed E-state index contributed by atoms with van der Waals surface area (Å²) in [7, 11) is -3.88. The Morgan fingerprint density at radius 2 is 1.45 bits per heavy atom. The van der Waals surface area contributed by atoms with Crippen molar-refractivity contribution in [1.82, 2.24) is 9.97 Å². The molecule has 5 nitrogen and oxygen atoms in total. The number of hydrogen-bond acceptors (Lipinski definition) is 5. The normalized spacial score (nSPS) is 11.2. The van der Waals surface area contributed by atoms with Gasteiger partial charge in [-0.15, -0.1) is 11.6 Å². The molecule has 2 aromatic heterocycles. The number of aromatic nitrogens is 2. The molecule has 0 amide bonds. The molecule has 2 rings (SSSR count). The van der Waals surface area contributed by atoms with E-state index in [1.807, 2.05) is 0 Å². The summed E-state index contributed by atoms with van der Waals surface area (Å²) >= 11 is 5.53. The van der Waals surface area contributed by atoms with Gasteiger partial charge >= 0.3 is 7.60 Å². The molecule has 2 aromatic rings. The highest BCUT2D eigenvalue weighted by atomic mass is 35.5. The molecule has 0 aliphatic carbocycles. The van der Waals surface area contributed by atoms with Gasteiger partial charge in [0.15, 0.2) is 0 Å². The molecule has 0 aromatic carbocycles. The zero-order valence-electron chi connectivity index (χ0n) is 9.87. The van der Waals surface area contributed by atoms with Crippen LogP contribution in [-0.4, -0.2) is 15.6 Å². The predicted octanol–water partition coefficient (Wildman–Crippen LogP) is 3.60. The SMILES string of the molecule is O=P(CCl)(Oc1cccc(F)n1)Oc1cccc(F)n1. The number of halogens is 3. The van der Waals surface area contributed by atoms with Crippen LogP contribution >= 0.6 is 19.2 Å². The van der Waals surface area contributed by atoms with E-state index in [9.17, 15) is 13.3 Å². The molecule has 0 unspecified atom stereocenters. The smallest absolute Gasteiger partial charge is 0.397 e. The van der Waals surface area contributed by atoms with Gasteiger partial charge in [0.1, 0.15) is 5.62 Å². The summed E-state index contributed by atoms with van der Waals surface area (Å²) in [6.45, 7) is 0. The van der Waals surface area contributed by atoms with E-state index in [1.54, 1.807) is 0 Å². The number of nitrogens with zero attached hydrogens (tertiary/aromatic N) is 2. The Balaban J connectivity index is 2.19. The number of pyridine rings is 2. The second-order valence-electron chi connectivity index (χ2n) is 3.51. The van der Waals surface area contributed by atoms with Crippen molar-refractivity contribution in [2.45, 2.75) is 0 Å². The van der Waals surface area contributed by atoms with Crippen LogP contribution in [0.5, 0.6) is 11.8 Å². The fourth-order valence-electron chi connectivity index (χ4n) is 1.23. The number of rotatable bonds is 5. The molecule has 0 bridgehead atoms. The van der Waals surface area contributed by atoms with Gasteiger partial charge < -0.3 is 9.05 Å². The van der Waals surface area contributed by atoms with E-state index < -0.39 is 25.1 Å². The summed E-state index contributed by atoms with van der Waals surface area (Å²) in [5.74, 6) is -2.14. The van der Waals surface area contributed by atoms with Crippen LogP contribution in [0.25, 0.3) is 0 Å². The average molecular weight is 321 g/mol. The third-order valence-electron chi connectivity index (χ3n) is 1.99. The standard InChI is InChI=1S/C11H8ClF2N2O3P/c12-7-20(17,18-10-5-1-3-8(13)15-10)19-11-6-2-4-9(14)16-11/h1-6H,7H2. The molecule has 0 atom stereocenters. The lowest BCUT2D eigenvalue weighted by Gasteiger charge is -2.16. The van der Waals surface area contributed by atoms with Crippen LogP contribution in [0.1, 0.15) is 0 Å². The van der Waals surface area contributed by atoms with Crippen LogP contribution in [0.4, 0.5) is 8.78 Å². The van der Waals surface area contributed by atoms with Crippen molar-refractivity contribution >= 4 is 19.2 Å². The average Bonchev–Trinajstić information content (AvgIpc) is 2.38. The summed E-state index contributed by atoms with van der Waals surface area (Å²) < 4.78 is 48.0. The molecule has 0 N–H and O–H groups in total. The first-order chi connectivity index (χ1) is 9.50. The fraction of sp³-hybridized carbons (Fsp3) is 0.0909. The second kappa shape index (κ2) is 6.15. The second-order valence-corrected chi connectivity index (χ2v) is 6.05. The van der Waals surface area contributed by atoms with Gasteiger partial charge in [-0.05, 0) is 12.1 Å². The minimum atomic E-state index is -3.88. The Labute approximate surface area is 118 Å². The first-order valence-corrected chi connectivity index (χ1v) is 7.56. The Morgan fingerprint density at radius 3 is 1.80 bits per heavy atom. The Bertz CT molecular complexity index is 608. The third-order valence-corrected chi connectivity index (χ3v) is 4.09. The molecule has 0 aliphatic heterocycles. The lowest BCUT2D eigenvalue weighted by molar-refractivity contribution is 0.373. The molecule has 106 valence electrons. The van der Waals surface area contributed by atoms with E-state index in [4.69, 9.17) is 20.6 Å². The zero-order chi connectivity index (χ0) is 14.6. The monoisotopic (exact) mass is 320 g/mol. The summed E-state index contributed by atoms with van der Waals surface area (Å²) in [5.41, 5.74) is -0.538. The van der Waals surface area contributed by atoms with Crippen LogP contribution in [0.15, 0.2) is 36.4 Å². The van der Waals surface area contributed by atoms with Gasteiger partial charge in [-0.1, -0.05) is 12.1 Å². The minimum absolute atomic E-state index is 0.259. The number of hydrogen-bond donors (Lipinski definition) is 0. The van der Waals surface area contributed by atoms with Crippen molar-refractivity contribution in [2.75, 3.05) is 5.62 Å². The van der Waals surface area contributed by atoms with Gasteiger partial charge in [0.25, 0.3) is 0 Å². The van der Waals surface area contributed by atoms with E-state index in [1.165, 1.54) is 24.3 Å². The first kappa shape index (κ1) is 14.7. The van der Waals surface area contributed by atoms with Crippen molar-refractivity contribution in [3.63, 3.8) is 0 Å². The van der Waals surface area contributed by atoms with Crippen molar-refractivity contribution in [2.24, 2.45) is 0 Å². The molecular formula is C11H8ClF2N2O3P. The molecule has 20 heavy (non-hydrogen) atoms. The topological polar surface area (TPSA) is 61.3 Å². The summed E-state index contributed by atoms with van der Waals surface area (Å²) in [5, 5.41) is 0.